The number of hydrogen-bond donors (Lipinski definition) is 9. The van der Waals surface area contributed by atoms with Crippen molar-refractivity contribution in [1.29, 1.82) is 5.26 Å². The lowest BCUT2D eigenvalue weighted by molar-refractivity contribution is -0.140. The van der Waals surface area contributed by atoms with Gasteiger partial charge in [-0.1, -0.05) is 138 Å². The standard InChI is InChI=1S/C29H27Cl3N2O4.C28H26Cl2N6O7.C28H24Cl2N2O8S/c1-16(2)19-5-3-4-17(12-19)13-24(29(37)38)33-27(35)25-23(31)14-20-15-34(11-10-22(20)26(25)32)28(36)18-6-8-21(30)9-7-18;29-18-7-16-10-35(26(40)15-2-1-14-4-6-43-22(14)8-15)5-3-17(16)24(30)23(18)25(39)34-19(27(41)42)9-32-28(33-13-31)36-11-20(37)21(38)12-36;1-41(37,38)18-4-2-3-15(9-18)10-21(28(35)36)31-26(33)24-20(29)11-17-13-32(8-7-19(17)25(24)30)27(34)16-5-6-22-23(12-16)40-14-39-22/h3-9,12,14,16,24H,10-11,13,15H2,1-2H3,(H,33,35)(H,37,38);1-2,4,6-8,19-21,37-38H,3,5,9-12H2,(H,32,33)(H,34,39)(H,41,42);2-6,9,11-12,21H,7-8,10,13-14H2,1H3,(H,31,33)(H,35,36)/t24-;19-,20+,21+;21-/m000/s1. The van der Waals surface area contributed by atoms with Gasteiger partial charge in [-0.2, -0.15) is 5.26 Å². The van der Waals surface area contributed by atoms with E-state index in [-0.39, 0.29) is 128 Å². The number of aliphatic imine (C=N–C) groups is 1. The zero-order valence-corrected chi connectivity index (χ0v) is 71.1. The summed E-state index contributed by atoms with van der Waals surface area (Å²) in [4.78, 5) is 125. The first-order valence-corrected chi connectivity index (χ1v) is 42.4. The van der Waals surface area contributed by atoms with Crippen molar-refractivity contribution in [2.75, 3.05) is 52.3 Å². The maximum absolute atomic E-state index is 13.2. The number of carbonyl (C=O) groups excluding carboxylic acids is 6. The maximum Gasteiger partial charge on any atom is 0.328 e. The molecule has 1 fully saturated rings. The number of benzene rings is 8. The number of aliphatic hydroxyl groups excluding tert-OH is 2. The smallest absolute Gasteiger partial charge is 0.328 e. The molecule has 37 heteroatoms. The Bertz CT molecular complexity index is 5860. The van der Waals surface area contributed by atoms with E-state index in [2.05, 4.69) is 40.1 Å². The van der Waals surface area contributed by atoms with E-state index in [9.17, 15) is 77.1 Å². The number of carboxylic acids is 3. The fourth-order valence-corrected chi connectivity index (χ4v) is 17.6. The molecule has 0 saturated carbocycles. The van der Waals surface area contributed by atoms with Crippen molar-refractivity contribution >= 4 is 161 Å². The molecule has 6 amide bonds. The number of fused-ring (bicyclic) bond motifs is 5. The summed E-state index contributed by atoms with van der Waals surface area (Å²) < 4.78 is 39.8. The van der Waals surface area contributed by atoms with E-state index in [0.29, 0.717) is 111 Å². The van der Waals surface area contributed by atoms with Crippen LogP contribution in [-0.2, 0) is 76.0 Å². The number of amides is 6. The minimum Gasteiger partial charge on any atom is -0.480 e. The molecule has 0 spiro atoms. The number of nitrogens with one attached hydrogen (secondary N) is 4. The van der Waals surface area contributed by atoms with E-state index in [1.807, 2.05) is 24.3 Å². The van der Waals surface area contributed by atoms with E-state index in [1.54, 1.807) is 118 Å². The van der Waals surface area contributed by atoms with Crippen molar-refractivity contribution in [1.82, 2.24) is 40.9 Å². The Morgan fingerprint density at radius 3 is 1.45 bits per heavy atom. The molecule has 1 saturated heterocycles. The number of sulfone groups is 1. The van der Waals surface area contributed by atoms with E-state index in [0.717, 1.165) is 33.9 Å². The highest BCUT2D eigenvalue weighted by Gasteiger charge is 2.37. The number of carboxylic acid groups (broad SMARTS) is 3. The molecule has 122 heavy (non-hydrogen) atoms. The van der Waals surface area contributed by atoms with Crippen LogP contribution in [0.2, 0.25) is 35.2 Å². The lowest BCUT2D eigenvalue weighted by Gasteiger charge is -2.30. The topological polar surface area (TPSA) is 418 Å². The van der Waals surface area contributed by atoms with Crippen molar-refractivity contribution < 1.29 is 91.0 Å². The van der Waals surface area contributed by atoms with Gasteiger partial charge < -0.3 is 75.0 Å². The third kappa shape index (κ3) is 20.9. The van der Waals surface area contributed by atoms with Gasteiger partial charge in [0.1, 0.15) is 23.7 Å². The Morgan fingerprint density at radius 1 is 0.533 bits per heavy atom. The van der Waals surface area contributed by atoms with Gasteiger partial charge in [-0.3, -0.25) is 34.1 Å². The lowest BCUT2D eigenvalue weighted by Crippen LogP contribution is -2.45. The van der Waals surface area contributed by atoms with Crippen molar-refractivity contribution in [3.05, 3.63) is 258 Å². The Morgan fingerprint density at radius 2 is 0.975 bits per heavy atom. The first-order chi connectivity index (χ1) is 58.0. The molecule has 8 aromatic carbocycles. The highest BCUT2D eigenvalue weighted by molar-refractivity contribution is 7.90. The second-order valence-electron chi connectivity index (χ2n) is 29.5. The molecule has 5 aliphatic heterocycles. The molecule has 9 aromatic rings. The number of nitriles is 1. The number of hydrogen-bond acceptors (Lipinski definition) is 18. The molecule has 14 rings (SSSR count). The van der Waals surface area contributed by atoms with Crippen LogP contribution in [0.1, 0.15) is 132 Å². The van der Waals surface area contributed by atoms with Gasteiger partial charge >= 0.3 is 17.9 Å². The summed E-state index contributed by atoms with van der Waals surface area (Å²) in [5, 5.41) is 69.5. The average molecular weight is 1820 g/mol. The largest absolute Gasteiger partial charge is 0.480 e. The number of aliphatic hydroxyl groups is 2. The van der Waals surface area contributed by atoms with Crippen molar-refractivity contribution in [2.24, 2.45) is 4.99 Å². The average Bonchev–Trinajstić information content (AvgIpc) is 1.78. The third-order valence-corrected chi connectivity index (χ3v) is 24.5. The number of halogens is 7. The van der Waals surface area contributed by atoms with Crippen molar-refractivity contribution in [2.45, 2.75) is 107 Å². The van der Waals surface area contributed by atoms with Gasteiger partial charge in [-0.05, 0) is 166 Å². The van der Waals surface area contributed by atoms with Gasteiger partial charge in [0, 0.05) is 98.6 Å². The molecule has 29 nitrogen and oxygen atoms in total. The summed E-state index contributed by atoms with van der Waals surface area (Å²) in [5.74, 6) is -5.42. The molecular weight excluding hydrogens is 1750 g/mol. The number of nitrogens with zero attached hydrogens (tertiary/aromatic N) is 6. The quantitative estimate of drug-likeness (QED) is 0.0148. The molecule has 636 valence electrons. The maximum atomic E-state index is 13.2. The summed E-state index contributed by atoms with van der Waals surface area (Å²) >= 11 is 45.3. The Kier molecular flexibility index (Phi) is 28.7. The number of aliphatic carboxylic acids is 3. The molecule has 0 unspecified atom stereocenters. The van der Waals surface area contributed by atoms with Gasteiger partial charge in [0.15, 0.2) is 27.5 Å². The fraction of sp³-hybridized carbons (Fsp3) is 0.282. The van der Waals surface area contributed by atoms with Gasteiger partial charge in [0.2, 0.25) is 12.8 Å². The summed E-state index contributed by atoms with van der Waals surface area (Å²) in [6, 6.07) is 32.8. The summed E-state index contributed by atoms with van der Waals surface area (Å²) in [6.07, 6.45) is 3.21. The van der Waals surface area contributed by atoms with Crippen LogP contribution in [0, 0.1) is 11.5 Å². The number of guanidine groups is 1. The van der Waals surface area contributed by atoms with Crippen LogP contribution in [0.5, 0.6) is 11.5 Å². The monoisotopic (exact) mass is 1820 g/mol. The van der Waals surface area contributed by atoms with Crippen LogP contribution in [0.4, 0.5) is 0 Å². The van der Waals surface area contributed by atoms with E-state index < -0.39 is 82.3 Å². The molecule has 5 atom stereocenters. The Balaban J connectivity index is 0.000000168. The Labute approximate surface area is 733 Å². The second-order valence-corrected chi connectivity index (χ2v) is 34.3. The number of rotatable bonds is 20. The number of likely N-dealkylation sites (tertiary alicyclic amines) is 1. The second kappa shape index (κ2) is 38.9. The first kappa shape index (κ1) is 90.0. The van der Waals surface area contributed by atoms with Crippen LogP contribution in [-0.4, -0.2) is 196 Å². The molecule has 9 N–H and O–H groups in total. The third-order valence-electron chi connectivity index (χ3n) is 21.0. The summed E-state index contributed by atoms with van der Waals surface area (Å²) in [6.45, 7) is 5.43. The first-order valence-electron chi connectivity index (χ1n) is 37.8. The zero-order chi connectivity index (χ0) is 87.9. The van der Waals surface area contributed by atoms with E-state index >= 15 is 0 Å². The Hall–Kier alpha value is -11.2. The molecule has 0 aliphatic carbocycles. The van der Waals surface area contributed by atoms with Crippen molar-refractivity contribution in [3.63, 3.8) is 0 Å². The number of β-amino-alcohol motifs (C(OH)–C–C–N with tert-alkyl or cyclic N) is 2. The SMILES string of the molecule is CC(C)c1cccc(C[C@H](NC(=O)c2c(Cl)cc3c(c2Cl)CCN(C(=O)c2ccc(Cl)cc2)C3)C(=O)O)c1.CS(=O)(=O)c1cccc(C[C@H](NC(=O)c2c(Cl)cc3c(c2Cl)CCN(C(=O)c2ccc4c(c2)OCO4)C3)C(=O)O)c1.N#CNC(=NC[C@H](NC(=O)c1c(Cl)cc2c(c1Cl)CCN(C(=O)c1ccc3ccoc3c1)C2)C(=O)O)N1C[C@@H](O)[C@H](O)C1. The lowest BCUT2D eigenvalue weighted by atomic mass is 9.95. The summed E-state index contributed by atoms with van der Waals surface area (Å²) in [5.41, 5.74) is 8.23. The van der Waals surface area contributed by atoms with Crippen LogP contribution in [0.15, 0.2) is 154 Å². The highest BCUT2D eigenvalue weighted by Crippen LogP contribution is 2.40. The van der Waals surface area contributed by atoms with E-state index in [1.165, 1.54) is 23.1 Å². The molecule has 6 heterocycles. The molecule has 1 aromatic heterocycles. The molecule has 0 radical (unpaired) electrons. The fourth-order valence-electron chi connectivity index (χ4n) is 14.5. The van der Waals surface area contributed by atoms with Gasteiger partial charge in [0.05, 0.1) is 76.7 Å². The van der Waals surface area contributed by atoms with Gasteiger partial charge in [0.25, 0.3) is 35.4 Å². The number of carbonyl (C=O) groups is 9. The minimum absolute atomic E-state index is 0.00633. The molecular formula is C85H77Cl7N10O19S. The van der Waals surface area contributed by atoms with Crippen molar-refractivity contribution in [3.8, 4) is 17.7 Å². The van der Waals surface area contributed by atoms with Crippen LogP contribution in [0.25, 0.3) is 11.0 Å². The van der Waals surface area contributed by atoms with Gasteiger partial charge in [-0.25, -0.2) is 27.8 Å². The normalized spacial score (nSPS) is 16.0. The minimum atomic E-state index is -3.50. The van der Waals surface area contributed by atoms with Crippen LogP contribution < -0.4 is 30.7 Å². The number of furan rings is 1. The predicted octanol–water partition coefficient (Wildman–Crippen LogP) is 11.7. The van der Waals surface area contributed by atoms with Gasteiger partial charge in [-0.15, -0.1) is 0 Å². The predicted molar refractivity (Wildman–Crippen MR) is 454 cm³/mol. The molecule has 0 bridgehead atoms. The highest BCUT2D eigenvalue weighted by atomic mass is 35.5. The molecule has 5 aliphatic rings. The number of ether oxygens (including phenoxy) is 2. The zero-order valence-electron chi connectivity index (χ0n) is 65.0. The summed E-state index contributed by atoms with van der Waals surface area (Å²) in [7, 11) is -3.50. The van der Waals surface area contributed by atoms with Crippen LogP contribution >= 0.6 is 81.2 Å². The van der Waals surface area contributed by atoms with E-state index in [4.69, 9.17) is 100 Å². The van der Waals surface area contributed by atoms with Crippen LogP contribution in [0.3, 0.4) is 0 Å².